The van der Waals surface area contributed by atoms with Crippen LogP contribution in [0.25, 0.3) is 0 Å². The van der Waals surface area contributed by atoms with Crippen molar-refractivity contribution in [2.24, 2.45) is 11.7 Å². The van der Waals surface area contributed by atoms with Crippen LogP contribution in [0.1, 0.15) is 45.1 Å². The summed E-state index contributed by atoms with van der Waals surface area (Å²) in [6.45, 7) is 4.16. The fourth-order valence-electron chi connectivity index (χ4n) is 2.41. The second-order valence-corrected chi connectivity index (χ2v) is 5.61. The Morgan fingerprint density at radius 3 is 2.09 bits per heavy atom. The van der Waals surface area contributed by atoms with E-state index in [1.54, 1.807) is 24.3 Å². The molecule has 5 nitrogen and oxygen atoms in total. The number of anilines is 1. The molecule has 1 aromatic carbocycles. The first-order chi connectivity index (χ1) is 10.5. The predicted octanol–water partition coefficient (Wildman–Crippen LogP) is 3.22. The minimum atomic E-state index is -1.01. The summed E-state index contributed by atoms with van der Waals surface area (Å²) in [5.74, 6) is -0.909. The normalized spacial score (nSPS) is 11.7. The van der Waals surface area contributed by atoms with E-state index >= 15 is 0 Å². The molecule has 0 saturated carbocycles. The lowest BCUT2D eigenvalue weighted by Gasteiger charge is -2.15. The van der Waals surface area contributed by atoms with Gasteiger partial charge >= 0.3 is 5.97 Å². The molecule has 130 valence electrons. The zero-order valence-corrected chi connectivity index (χ0v) is 14.6. The standard InChI is InChI=1S/C17H26N2O3.ClH/c1-3-5-13(6-4-2)16(20)19-14-9-7-12(8-10-14)11-15(18)17(21)22;/h7-10,13,15H,3-6,11,18H2,1-2H3,(H,19,20)(H,21,22);1H. The lowest BCUT2D eigenvalue weighted by molar-refractivity contribution is -0.138. The van der Waals surface area contributed by atoms with Crippen LogP contribution in [0.3, 0.4) is 0 Å². The summed E-state index contributed by atoms with van der Waals surface area (Å²) in [5.41, 5.74) is 7.08. The highest BCUT2D eigenvalue weighted by molar-refractivity contribution is 5.92. The van der Waals surface area contributed by atoms with Crippen LogP contribution in [0.2, 0.25) is 0 Å². The third kappa shape index (κ3) is 7.48. The molecule has 0 heterocycles. The SMILES string of the molecule is CCCC(CCC)C(=O)Nc1ccc(CC(N)C(=O)O)cc1.Cl. The Morgan fingerprint density at radius 2 is 1.65 bits per heavy atom. The zero-order chi connectivity index (χ0) is 16.5. The summed E-state index contributed by atoms with van der Waals surface area (Å²) in [6, 6.07) is 6.27. The number of hydrogen-bond donors (Lipinski definition) is 3. The first-order valence-electron chi connectivity index (χ1n) is 7.86. The first kappa shape index (κ1) is 21.4. The number of carbonyl (C=O) groups excluding carboxylic acids is 1. The number of nitrogens with two attached hydrogens (primary N) is 1. The average molecular weight is 343 g/mol. The summed E-state index contributed by atoms with van der Waals surface area (Å²) in [4.78, 5) is 23.0. The smallest absolute Gasteiger partial charge is 0.320 e. The van der Waals surface area contributed by atoms with Gasteiger partial charge in [-0.2, -0.15) is 0 Å². The molecule has 0 fully saturated rings. The van der Waals surface area contributed by atoms with Gasteiger partial charge in [0, 0.05) is 11.6 Å². The van der Waals surface area contributed by atoms with E-state index < -0.39 is 12.0 Å². The van der Waals surface area contributed by atoms with Gasteiger partial charge in [-0.1, -0.05) is 38.8 Å². The summed E-state index contributed by atoms with van der Waals surface area (Å²) in [7, 11) is 0. The monoisotopic (exact) mass is 342 g/mol. The van der Waals surface area contributed by atoms with Crippen LogP contribution in [0.5, 0.6) is 0 Å². The maximum absolute atomic E-state index is 12.2. The van der Waals surface area contributed by atoms with E-state index in [2.05, 4.69) is 19.2 Å². The van der Waals surface area contributed by atoms with Crippen molar-refractivity contribution in [3.05, 3.63) is 29.8 Å². The zero-order valence-electron chi connectivity index (χ0n) is 13.7. The van der Waals surface area contributed by atoms with Gasteiger partial charge in [-0.3, -0.25) is 9.59 Å². The summed E-state index contributed by atoms with van der Waals surface area (Å²) < 4.78 is 0. The van der Waals surface area contributed by atoms with Crippen molar-refractivity contribution in [1.29, 1.82) is 0 Å². The van der Waals surface area contributed by atoms with Crippen molar-refractivity contribution >= 4 is 30.0 Å². The number of halogens is 1. The number of nitrogens with one attached hydrogen (secondary N) is 1. The largest absolute Gasteiger partial charge is 0.480 e. The van der Waals surface area contributed by atoms with Gasteiger partial charge in [0.05, 0.1) is 0 Å². The van der Waals surface area contributed by atoms with Crippen molar-refractivity contribution in [3.8, 4) is 0 Å². The second-order valence-electron chi connectivity index (χ2n) is 5.61. The number of amides is 1. The molecule has 0 bridgehead atoms. The lowest BCUT2D eigenvalue weighted by atomic mass is 9.97. The van der Waals surface area contributed by atoms with Crippen LogP contribution in [0.15, 0.2) is 24.3 Å². The van der Waals surface area contributed by atoms with Gasteiger partial charge in [0.2, 0.25) is 5.91 Å². The molecule has 1 amide bonds. The number of carboxylic acid groups (broad SMARTS) is 1. The average Bonchev–Trinajstić information content (AvgIpc) is 2.48. The molecule has 0 aromatic heterocycles. The van der Waals surface area contributed by atoms with Gasteiger partial charge in [-0.15, -0.1) is 12.4 Å². The number of rotatable bonds is 9. The van der Waals surface area contributed by atoms with Crippen molar-refractivity contribution in [1.82, 2.24) is 0 Å². The van der Waals surface area contributed by atoms with Gasteiger partial charge in [0.1, 0.15) is 6.04 Å². The molecule has 1 atom stereocenters. The van der Waals surface area contributed by atoms with Crippen LogP contribution < -0.4 is 11.1 Å². The molecule has 0 saturated heterocycles. The Bertz CT molecular complexity index is 485. The van der Waals surface area contributed by atoms with Crippen molar-refractivity contribution < 1.29 is 14.7 Å². The minimum absolute atomic E-state index is 0. The molecular weight excluding hydrogens is 316 g/mol. The second kappa shape index (κ2) is 11.0. The highest BCUT2D eigenvalue weighted by atomic mass is 35.5. The molecule has 1 aromatic rings. The van der Waals surface area contributed by atoms with Gasteiger partial charge in [-0.25, -0.2) is 0 Å². The molecule has 0 radical (unpaired) electrons. The third-order valence-corrected chi connectivity index (χ3v) is 3.64. The molecule has 4 N–H and O–H groups in total. The predicted molar refractivity (Wildman–Crippen MR) is 94.9 cm³/mol. The van der Waals surface area contributed by atoms with Crippen LogP contribution in [0, 0.1) is 5.92 Å². The van der Waals surface area contributed by atoms with Crippen LogP contribution >= 0.6 is 12.4 Å². The molecule has 23 heavy (non-hydrogen) atoms. The van der Waals surface area contributed by atoms with E-state index in [1.807, 2.05) is 0 Å². The molecule has 1 unspecified atom stereocenters. The highest BCUT2D eigenvalue weighted by Crippen LogP contribution is 2.17. The maximum atomic E-state index is 12.2. The van der Waals surface area contributed by atoms with E-state index in [1.165, 1.54) is 0 Å². The first-order valence-corrected chi connectivity index (χ1v) is 7.86. The fourth-order valence-corrected chi connectivity index (χ4v) is 2.41. The van der Waals surface area contributed by atoms with Crippen molar-refractivity contribution in [3.63, 3.8) is 0 Å². The summed E-state index contributed by atoms with van der Waals surface area (Å²) in [5, 5.41) is 11.7. The van der Waals surface area contributed by atoms with E-state index in [0.717, 1.165) is 36.9 Å². The van der Waals surface area contributed by atoms with Gasteiger partial charge in [0.15, 0.2) is 0 Å². The maximum Gasteiger partial charge on any atom is 0.320 e. The minimum Gasteiger partial charge on any atom is -0.480 e. The van der Waals surface area contributed by atoms with Crippen molar-refractivity contribution in [2.45, 2.75) is 52.0 Å². The lowest BCUT2D eigenvalue weighted by Crippen LogP contribution is -2.32. The van der Waals surface area contributed by atoms with Gasteiger partial charge in [0.25, 0.3) is 0 Å². The number of carbonyl (C=O) groups is 2. The van der Waals surface area contributed by atoms with E-state index in [4.69, 9.17) is 10.8 Å². The van der Waals surface area contributed by atoms with Gasteiger partial charge < -0.3 is 16.2 Å². The van der Waals surface area contributed by atoms with Crippen LogP contribution in [-0.4, -0.2) is 23.0 Å². The summed E-state index contributed by atoms with van der Waals surface area (Å²) >= 11 is 0. The molecule has 0 aliphatic heterocycles. The number of aliphatic carboxylic acids is 1. The van der Waals surface area contributed by atoms with Crippen LogP contribution in [-0.2, 0) is 16.0 Å². The van der Waals surface area contributed by atoms with Crippen molar-refractivity contribution in [2.75, 3.05) is 5.32 Å². The Labute approximate surface area is 144 Å². The fraction of sp³-hybridized carbons (Fsp3) is 0.529. The number of hydrogen-bond acceptors (Lipinski definition) is 3. The summed E-state index contributed by atoms with van der Waals surface area (Å²) in [6.07, 6.45) is 4.04. The van der Waals surface area contributed by atoms with Crippen LogP contribution in [0.4, 0.5) is 5.69 Å². The molecule has 0 aliphatic rings. The van der Waals surface area contributed by atoms with E-state index in [0.29, 0.717) is 0 Å². The highest BCUT2D eigenvalue weighted by Gasteiger charge is 2.17. The molecule has 1 rings (SSSR count). The topological polar surface area (TPSA) is 92.4 Å². The number of benzene rings is 1. The molecular formula is C17H27ClN2O3. The third-order valence-electron chi connectivity index (χ3n) is 3.64. The quantitative estimate of drug-likeness (QED) is 0.642. The Balaban J connectivity index is 0.00000484. The molecule has 0 aliphatic carbocycles. The van der Waals surface area contributed by atoms with E-state index in [-0.39, 0.29) is 30.7 Å². The molecule has 0 spiro atoms. The van der Waals surface area contributed by atoms with Gasteiger partial charge in [-0.05, 0) is 37.0 Å². The Hall–Kier alpha value is -1.59. The number of carboxylic acids is 1. The van der Waals surface area contributed by atoms with E-state index in [9.17, 15) is 9.59 Å². The Kier molecular flexibility index (Phi) is 10.3. The molecule has 6 heteroatoms. The Morgan fingerprint density at radius 1 is 1.13 bits per heavy atom.